The molecule has 5 heteroatoms. The Labute approximate surface area is 120 Å². The number of phenols is 1. The van der Waals surface area contributed by atoms with Crippen LogP contribution in [0.25, 0.3) is 0 Å². The monoisotopic (exact) mass is 280 g/mol. The maximum absolute atomic E-state index is 11.7. The van der Waals surface area contributed by atoms with Gasteiger partial charge in [-0.15, -0.1) is 0 Å². The smallest absolute Gasteiger partial charge is 0.407 e. The number of nitrogens with one attached hydrogen (secondary N) is 1. The van der Waals surface area contributed by atoms with Gasteiger partial charge in [-0.3, -0.25) is 0 Å². The molecule has 0 heterocycles. The Balaban J connectivity index is 2.71. The SMILES string of the molecule is CC(C)(C)OC(=O)NCC(C)(CN)c1ccc(O)cc1. The molecule has 0 aromatic heterocycles. The third kappa shape index (κ3) is 4.74. The van der Waals surface area contributed by atoms with Crippen molar-refractivity contribution in [3.05, 3.63) is 29.8 Å². The van der Waals surface area contributed by atoms with E-state index in [0.717, 1.165) is 5.56 Å². The molecule has 1 atom stereocenters. The van der Waals surface area contributed by atoms with Gasteiger partial charge in [0.15, 0.2) is 0 Å². The lowest BCUT2D eigenvalue weighted by Gasteiger charge is -2.29. The van der Waals surface area contributed by atoms with E-state index in [1.807, 2.05) is 27.7 Å². The number of alkyl carbamates (subject to hydrolysis) is 1. The molecule has 0 saturated heterocycles. The molecule has 0 aliphatic carbocycles. The first-order valence-electron chi connectivity index (χ1n) is 6.63. The van der Waals surface area contributed by atoms with Crippen LogP contribution < -0.4 is 11.1 Å². The summed E-state index contributed by atoms with van der Waals surface area (Å²) in [5, 5.41) is 12.1. The molecule has 1 aromatic carbocycles. The molecule has 1 aromatic rings. The number of carbonyl (C=O) groups is 1. The minimum Gasteiger partial charge on any atom is -0.508 e. The zero-order chi connectivity index (χ0) is 15.4. The standard InChI is InChI=1S/C15H24N2O3/c1-14(2,3)20-13(19)17-10-15(4,9-16)11-5-7-12(18)8-6-11/h5-8,18H,9-10,16H2,1-4H3,(H,17,19). The van der Waals surface area contributed by atoms with Gasteiger partial charge in [0.25, 0.3) is 0 Å². The van der Waals surface area contributed by atoms with E-state index >= 15 is 0 Å². The second kappa shape index (κ2) is 6.13. The van der Waals surface area contributed by atoms with Crippen LogP contribution >= 0.6 is 0 Å². The first kappa shape index (κ1) is 16.3. The van der Waals surface area contributed by atoms with Gasteiger partial charge in [0.05, 0.1) is 0 Å². The lowest BCUT2D eigenvalue weighted by atomic mass is 9.82. The Morgan fingerprint density at radius 2 is 1.80 bits per heavy atom. The molecule has 0 saturated carbocycles. The van der Waals surface area contributed by atoms with E-state index in [0.29, 0.717) is 13.1 Å². The highest BCUT2D eigenvalue weighted by molar-refractivity contribution is 5.67. The van der Waals surface area contributed by atoms with Gasteiger partial charge in [0.1, 0.15) is 11.4 Å². The molecule has 1 rings (SSSR count). The van der Waals surface area contributed by atoms with Crippen LogP contribution in [0.15, 0.2) is 24.3 Å². The molecule has 0 aliphatic rings. The van der Waals surface area contributed by atoms with Gasteiger partial charge in [-0.1, -0.05) is 19.1 Å². The fraction of sp³-hybridized carbons (Fsp3) is 0.533. The first-order chi connectivity index (χ1) is 9.16. The average Bonchev–Trinajstić information content (AvgIpc) is 2.35. The molecular weight excluding hydrogens is 256 g/mol. The molecule has 1 unspecified atom stereocenters. The number of benzene rings is 1. The van der Waals surface area contributed by atoms with Crippen molar-refractivity contribution >= 4 is 6.09 Å². The van der Waals surface area contributed by atoms with Gasteiger partial charge in [0.2, 0.25) is 0 Å². The summed E-state index contributed by atoms with van der Waals surface area (Å²) in [5.41, 5.74) is 5.85. The summed E-state index contributed by atoms with van der Waals surface area (Å²) in [6.07, 6.45) is -0.462. The summed E-state index contributed by atoms with van der Waals surface area (Å²) in [6.45, 7) is 8.13. The molecule has 20 heavy (non-hydrogen) atoms. The van der Waals surface area contributed by atoms with E-state index in [4.69, 9.17) is 10.5 Å². The number of aromatic hydroxyl groups is 1. The van der Waals surface area contributed by atoms with E-state index in [2.05, 4.69) is 5.32 Å². The largest absolute Gasteiger partial charge is 0.508 e. The van der Waals surface area contributed by atoms with E-state index in [-0.39, 0.29) is 5.75 Å². The van der Waals surface area contributed by atoms with E-state index < -0.39 is 17.1 Å². The van der Waals surface area contributed by atoms with Crippen molar-refractivity contribution in [1.82, 2.24) is 5.32 Å². The Kier molecular flexibility index (Phi) is 5.00. The lowest BCUT2D eigenvalue weighted by molar-refractivity contribution is 0.0516. The summed E-state index contributed by atoms with van der Waals surface area (Å²) < 4.78 is 5.20. The lowest BCUT2D eigenvalue weighted by Crippen LogP contribution is -2.45. The molecule has 1 amide bonds. The summed E-state index contributed by atoms with van der Waals surface area (Å²) in [7, 11) is 0. The summed E-state index contributed by atoms with van der Waals surface area (Å²) in [6, 6.07) is 6.82. The van der Waals surface area contributed by atoms with Crippen molar-refractivity contribution in [1.29, 1.82) is 0 Å². The number of amides is 1. The number of ether oxygens (including phenoxy) is 1. The van der Waals surface area contributed by atoms with Crippen molar-refractivity contribution in [2.45, 2.75) is 38.7 Å². The molecule has 0 bridgehead atoms. The second-order valence-corrected chi connectivity index (χ2v) is 6.17. The number of phenolic OH excluding ortho intramolecular Hbond substituents is 1. The van der Waals surface area contributed by atoms with Crippen LogP contribution in [0.2, 0.25) is 0 Å². The van der Waals surface area contributed by atoms with Gasteiger partial charge >= 0.3 is 6.09 Å². The van der Waals surface area contributed by atoms with Gasteiger partial charge in [-0.25, -0.2) is 4.79 Å². The summed E-state index contributed by atoms with van der Waals surface area (Å²) in [5.74, 6) is 0.202. The Morgan fingerprint density at radius 3 is 2.25 bits per heavy atom. The zero-order valence-electron chi connectivity index (χ0n) is 12.6. The molecule has 5 nitrogen and oxygen atoms in total. The fourth-order valence-electron chi connectivity index (χ4n) is 1.74. The molecule has 0 aliphatic heterocycles. The van der Waals surface area contributed by atoms with Gasteiger partial charge in [-0.05, 0) is 38.5 Å². The van der Waals surface area contributed by atoms with Crippen LogP contribution in [0, 0.1) is 0 Å². The first-order valence-corrected chi connectivity index (χ1v) is 6.63. The summed E-state index contributed by atoms with van der Waals surface area (Å²) >= 11 is 0. The Bertz CT molecular complexity index is 451. The van der Waals surface area contributed by atoms with Crippen molar-refractivity contribution in [3.63, 3.8) is 0 Å². The highest BCUT2D eigenvalue weighted by Gasteiger charge is 2.27. The molecule has 4 N–H and O–H groups in total. The second-order valence-electron chi connectivity index (χ2n) is 6.17. The summed E-state index contributed by atoms with van der Waals surface area (Å²) in [4.78, 5) is 11.7. The van der Waals surface area contributed by atoms with Gasteiger partial charge < -0.3 is 20.9 Å². The highest BCUT2D eigenvalue weighted by Crippen LogP contribution is 2.24. The van der Waals surface area contributed by atoms with Crippen LogP contribution in [0.4, 0.5) is 4.79 Å². The minimum absolute atomic E-state index is 0.202. The molecule has 0 radical (unpaired) electrons. The van der Waals surface area contributed by atoms with E-state index in [1.54, 1.807) is 24.3 Å². The minimum atomic E-state index is -0.526. The number of hydrogen-bond donors (Lipinski definition) is 3. The maximum atomic E-state index is 11.7. The van der Waals surface area contributed by atoms with Crippen LogP contribution in [0.5, 0.6) is 5.75 Å². The molecule has 0 fully saturated rings. The Hall–Kier alpha value is -1.75. The fourth-order valence-corrected chi connectivity index (χ4v) is 1.74. The molecular formula is C15H24N2O3. The number of carbonyl (C=O) groups excluding carboxylic acids is 1. The maximum Gasteiger partial charge on any atom is 0.407 e. The van der Waals surface area contributed by atoms with Crippen LogP contribution in [0.3, 0.4) is 0 Å². The van der Waals surface area contributed by atoms with Crippen molar-refractivity contribution in [3.8, 4) is 5.75 Å². The topological polar surface area (TPSA) is 84.6 Å². The van der Waals surface area contributed by atoms with E-state index in [9.17, 15) is 9.90 Å². The predicted molar refractivity (Wildman–Crippen MR) is 78.7 cm³/mol. The zero-order valence-corrected chi connectivity index (χ0v) is 12.6. The highest BCUT2D eigenvalue weighted by atomic mass is 16.6. The molecule has 0 spiro atoms. The van der Waals surface area contributed by atoms with Gasteiger partial charge in [-0.2, -0.15) is 0 Å². The van der Waals surface area contributed by atoms with Crippen LogP contribution in [-0.4, -0.2) is 29.9 Å². The van der Waals surface area contributed by atoms with Crippen molar-refractivity contribution in [2.75, 3.05) is 13.1 Å². The van der Waals surface area contributed by atoms with Crippen LogP contribution in [-0.2, 0) is 10.2 Å². The Morgan fingerprint density at radius 1 is 1.25 bits per heavy atom. The third-order valence-electron chi connectivity index (χ3n) is 3.04. The number of nitrogens with two attached hydrogens (primary N) is 1. The predicted octanol–water partition coefficient (Wildman–Crippen LogP) is 2.13. The number of hydrogen-bond acceptors (Lipinski definition) is 4. The van der Waals surface area contributed by atoms with Crippen LogP contribution in [0.1, 0.15) is 33.3 Å². The average molecular weight is 280 g/mol. The van der Waals surface area contributed by atoms with Crippen molar-refractivity contribution < 1.29 is 14.6 Å². The molecule has 112 valence electrons. The third-order valence-corrected chi connectivity index (χ3v) is 3.04. The van der Waals surface area contributed by atoms with Gasteiger partial charge in [0, 0.05) is 18.5 Å². The quantitative estimate of drug-likeness (QED) is 0.789. The van der Waals surface area contributed by atoms with Crippen molar-refractivity contribution in [2.24, 2.45) is 5.73 Å². The number of rotatable bonds is 4. The normalized spacial score (nSPS) is 14.4. The van der Waals surface area contributed by atoms with E-state index in [1.165, 1.54) is 0 Å².